The number of aromatic nitrogens is 4. The van der Waals surface area contributed by atoms with Gasteiger partial charge in [-0.2, -0.15) is 0 Å². The van der Waals surface area contributed by atoms with Crippen LogP contribution in [0.4, 0.5) is 0 Å². The van der Waals surface area contributed by atoms with E-state index in [1.54, 1.807) is 60.7 Å². The van der Waals surface area contributed by atoms with Gasteiger partial charge in [0.15, 0.2) is 11.2 Å². The van der Waals surface area contributed by atoms with Crippen LogP contribution in [0.3, 0.4) is 0 Å². The van der Waals surface area contributed by atoms with E-state index in [1.165, 1.54) is 29.6 Å². The molecule has 0 unspecified atom stereocenters. The number of ether oxygens (including phenoxy) is 1. The fourth-order valence-electron chi connectivity index (χ4n) is 3.67. The van der Waals surface area contributed by atoms with Gasteiger partial charge in [0.05, 0.1) is 12.9 Å². The van der Waals surface area contributed by atoms with Crippen LogP contribution in [0.1, 0.15) is 11.1 Å². The lowest BCUT2D eigenvalue weighted by molar-refractivity contribution is -0.162. The standard InChI is InChI=1S/C23H22N4O5/c1-25-19-18(20(28)26(2)22(25)30)27(15-24-19)13-14-32-21(29)23(31,16-9-5-3-6-10-16)17-11-7-4-8-12-17/h3-12,15,31H,13-14H2,1-2H3. The molecule has 0 saturated heterocycles. The Kier molecular flexibility index (Phi) is 5.50. The summed E-state index contributed by atoms with van der Waals surface area (Å²) < 4.78 is 9.25. The number of carbonyl (C=O) groups is 1. The zero-order valence-corrected chi connectivity index (χ0v) is 17.6. The molecule has 0 atom stereocenters. The van der Waals surface area contributed by atoms with Crippen molar-refractivity contribution >= 4 is 17.1 Å². The largest absolute Gasteiger partial charge is 0.461 e. The molecule has 4 aromatic rings. The van der Waals surface area contributed by atoms with Crippen molar-refractivity contribution in [2.24, 2.45) is 14.1 Å². The fraction of sp³-hybridized carbons (Fsp3) is 0.217. The molecule has 2 aromatic carbocycles. The monoisotopic (exact) mass is 434 g/mol. The predicted octanol–water partition coefficient (Wildman–Crippen LogP) is 0.913. The first-order valence-electron chi connectivity index (χ1n) is 9.97. The van der Waals surface area contributed by atoms with Gasteiger partial charge in [0.25, 0.3) is 5.56 Å². The molecule has 0 amide bonds. The first-order chi connectivity index (χ1) is 15.4. The molecule has 0 aliphatic carbocycles. The van der Waals surface area contributed by atoms with Gasteiger partial charge < -0.3 is 14.4 Å². The van der Waals surface area contributed by atoms with Gasteiger partial charge in [-0.05, 0) is 11.1 Å². The number of fused-ring (bicyclic) bond motifs is 1. The van der Waals surface area contributed by atoms with E-state index in [9.17, 15) is 19.5 Å². The maximum absolute atomic E-state index is 13.1. The lowest BCUT2D eigenvalue weighted by Gasteiger charge is -2.27. The van der Waals surface area contributed by atoms with Gasteiger partial charge in [-0.1, -0.05) is 60.7 Å². The zero-order valence-electron chi connectivity index (χ0n) is 17.6. The summed E-state index contributed by atoms with van der Waals surface area (Å²) >= 11 is 0. The van der Waals surface area contributed by atoms with Crippen LogP contribution in [-0.2, 0) is 35.8 Å². The summed E-state index contributed by atoms with van der Waals surface area (Å²) in [5.41, 5.74) is -1.71. The Labute approximate surface area is 182 Å². The zero-order chi connectivity index (χ0) is 22.9. The normalized spacial score (nSPS) is 11.6. The molecular weight excluding hydrogens is 412 g/mol. The van der Waals surface area contributed by atoms with Gasteiger partial charge in [-0.25, -0.2) is 14.6 Å². The first-order valence-corrected chi connectivity index (χ1v) is 9.97. The first kappa shape index (κ1) is 21.3. The molecule has 0 aliphatic rings. The van der Waals surface area contributed by atoms with E-state index >= 15 is 0 Å². The molecule has 9 nitrogen and oxygen atoms in total. The van der Waals surface area contributed by atoms with Crippen molar-refractivity contribution in [2.75, 3.05) is 6.61 Å². The number of aryl methyl sites for hydroxylation is 1. The highest BCUT2D eigenvalue weighted by atomic mass is 16.5. The second-order valence-corrected chi connectivity index (χ2v) is 7.39. The van der Waals surface area contributed by atoms with Crippen LogP contribution in [-0.4, -0.2) is 36.4 Å². The topological polar surface area (TPSA) is 108 Å². The average molecular weight is 434 g/mol. The Morgan fingerprint density at radius 3 is 2.09 bits per heavy atom. The number of carbonyl (C=O) groups excluding carboxylic acids is 1. The van der Waals surface area contributed by atoms with Gasteiger partial charge in [-0.15, -0.1) is 0 Å². The average Bonchev–Trinajstić information content (AvgIpc) is 3.26. The van der Waals surface area contributed by atoms with E-state index in [1.807, 2.05) is 0 Å². The number of imidazole rings is 1. The summed E-state index contributed by atoms with van der Waals surface area (Å²) in [7, 11) is 2.92. The molecular formula is C23H22N4O5. The Balaban J connectivity index is 1.61. The maximum Gasteiger partial charge on any atom is 0.347 e. The molecule has 9 heteroatoms. The molecule has 0 bridgehead atoms. The number of hydrogen-bond acceptors (Lipinski definition) is 6. The lowest BCUT2D eigenvalue weighted by Crippen LogP contribution is -2.39. The van der Waals surface area contributed by atoms with Crippen molar-refractivity contribution < 1.29 is 14.6 Å². The second kappa shape index (κ2) is 8.27. The fourth-order valence-corrected chi connectivity index (χ4v) is 3.67. The van der Waals surface area contributed by atoms with Crippen LogP contribution >= 0.6 is 0 Å². The summed E-state index contributed by atoms with van der Waals surface area (Å²) in [6, 6.07) is 17.1. The predicted molar refractivity (Wildman–Crippen MR) is 117 cm³/mol. The molecule has 0 aliphatic heterocycles. The number of aliphatic hydroxyl groups is 1. The molecule has 0 spiro atoms. The van der Waals surface area contributed by atoms with Crippen LogP contribution in [0.2, 0.25) is 0 Å². The Hall–Kier alpha value is -3.98. The van der Waals surface area contributed by atoms with Crippen LogP contribution < -0.4 is 11.2 Å². The SMILES string of the molecule is Cn1c(=O)c2c(ncn2CCOC(=O)C(O)(c2ccccc2)c2ccccc2)n(C)c1=O. The van der Waals surface area contributed by atoms with Crippen molar-refractivity contribution in [2.45, 2.75) is 12.1 Å². The maximum atomic E-state index is 13.1. The summed E-state index contributed by atoms with van der Waals surface area (Å²) in [5.74, 6) is -0.834. The quantitative estimate of drug-likeness (QED) is 0.452. The van der Waals surface area contributed by atoms with E-state index in [0.717, 1.165) is 4.57 Å². The van der Waals surface area contributed by atoms with E-state index in [0.29, 0.717) is 11.1 Å². The third-order valence-corrected chi connectivity index (χ3v) is 5.46. The van der Waals surface area contributed by atoms with Crippen LogP contribution in [0, 0.1) is 0 Å². The number of benzene rings is 2. The number of rotatable bonds is 6. The number of hydrogen-bond donors (Lipinski definition) is 1. The molecule has 0 saturated carbocycles. The van der Waals surface area contributed by atoms with E-state index in [4.69, 9.17) is 4.74 Å². The highest BCUT2D eigenvalue weighted by Gasteiger charge is 2.41. The molecule has 4 rings (SSSR count). The Morgan fingerprint density at radius 2 is 1.53 bits per heavy atom. The minimum absolute atomic E-state index is 0.113. The van der Waals surface area contributed by atoms with E-state index in [2.05, 4.69) is 4.98 Å². The van der Waals surface area contributed by atoms with Gasteiger partial charge in [0, 0.05) is 14.1 Å². The van der Waals surface area contributed by atoms with Crippen molar-refractivity contribution in [3.05, 3.63) is 99.0 Å². The Morgan fingerprint density at radius 1 is 0.969 bits per heavy atom. The third-order valence-electron chi connectivity index (χ3n) is 5.46. The molecule has 164 valence electrons. The van der Waals surface area contributed by atoms with Crippen molar-refractivity contribution in [3.8, 4) is 0 Å². The third kappa shape index (κ3) is 3.42. The Bertz CT molecular complexity index is 1350. The summed E-state index contributed by atoms with van der Waals surface area (Å²) in [5, 5.41) is 11.4. The highest BCUT2D eigenvalue weighted by molar-refractivity contribution is 5.85. The smallest absolute Gasteiger partial charge is 0.347 e. The van der Waals surface area contributed by atoms with Gasteiger partial charge >= 0.3 is 11.7 Å². The number of esters is 1. The van der Waals surface area contributed by atoms with Gasteiger partial charge in [-0.3, -0.25) is 13.9 Å². The lowest BCUT2D eigenvalue weighted by atomic mass is 9.86. The summed E-state index contributed by atoms with van der Waals surface area (Å²) in [6.45, 7) is 0.00755. The molecule has 32 heavy (non-hydrogen) atoms. The molecule has 0 fully saturated rings. The molecule has 2 aromatic heterocycles. The van der Waals surface area contributed by atoms with Crippen LogP contribution in [0.15, 0.2) is 76.6 Å². The summed E-state index contributed by atoms with van der Waals surface area (Å²) in [6.07, 6.45) is 1.42. The molecule has 2 heterocycles. The van der Waals surface area contributed by atoms with Crippen LogP contribution in [0.5, 0.6) is 0 Å². The minimum atomic E-state index is -1.99. The number of nitrogens with zero attached hydrogens (tertiary/aromatic N) is 4. The van der Waals surface area contributed by atoms with Crippen molar-refractivity contribution in [3.63, 3.8) is 0 Å². The van der Waals surface area contributed by atoms with Gasteiger partial charge in [0.2, 0.25) is 5.60 Å². The second-order valence-electron chi connectivity index (χ2n) is 7.39. The minimum Gasteiger partial charge on any atom is -0.461 e. The van der Waals surface area contributed by atoms with E-state index < -0.39 is 22.8 Å². The van der Waals surface area contributed by atoms with Gasteiger partial charge in [0.1, 0.15) is 6.61 Å². The highest BCUT2D eigenvalue weighted by Crippen LogP contribution is 2.31. The molecule has 1 N–H and O–H groups in total. The molecule has 0 radical (unpaired) electrons. The van der Waals surface area contributed by atoms with Crippen LogP contribution in [0.25, 0.3) is 11.2 Å². The van der Waals surface area contributed by atoms with E-state index in [-0.39, 0.29) is 24.3 Å². The van der Waals surface area contributed by atoms with Crippen molar-refractivity contribution in [1.82, 2.24) is 18.7 Å². The van der Waals surface area contributed by atoms with Crippen molar-refractivity contribution in [1.29, 1.82) is 0 Å². The summed E-state index contributed by atoms with van der Waals surface area (Å²) in [4.78, 5) is 41.8.